The number of aliphatic hydroxyl groups excluding tert-OH is 1. The normalized spacial score (nSPS) is 30.2. The predicted octanol–water partition coefficient (Wildman–Crippen LogP) is 1.73. The van der Waals surface area contributed by atoms with Crippen LogP contribution in [0, 0.1) is 17.8 Å². The summed E-state index contributed by atoms with van der Waals surface area (Å²) >= 11 is 3.65. The summed E-state index contributed by atoms with van der Waals surface area (Å²) in [6.07, 6.45) is 1.37. The number of amides is 2. The van der Waals surface area contributed by atoms with Crippen molar-refractivity contribution in [1.82, 2.24) is 24.8 Å². The van der Waals surface area contributed by atoms with E-state index in [9.17, 15) is 19.5 Å². The second-order valence-corrected chi connectivity index (χ2v) is 11.9. The van der Waals surface area contributed by atoms with Gasteiger partial charge in [-0.05, 0) is 31.4 Å². The molecule has 1 aromatic heterocycles. The van der Waals surface area contributed by atoms with Gasteiger partial charge in [-0.15, -0.1) is 11.7 Å². The molecule has 12 heteroatoms. The van der Waals surface area contributed by atoms with Crippen molar-refractivity contribution in [3.63, 3.8) is 0 Å². The lowest BCUT2D eigenvalue weighted by atomic mass is 9.70. The molecule has 0 radical (unpaired) electrons. The summed E-state index contributed by atoms with van der Waals surface area (Å²) in [5, 5.41) is 18.8. The van der Waals surface area contributed by atoms with Crippen LogP contribution < -0.4 is 0 Å². The highest BCUT2D eigenvalue weighted by atomic mass is 79.9. The van der Waals surface area contributed by atoms with Crippen molar-refractivity contribution in [3.8, 4) is 0 Å². The molecule has 0 saturated carbocycles. The summed E-state index contributed by atoms with van der Waals surface area (Å²) in [6, 6.07) is 5.73. The van der Waals surface area contributed by atoms with Crippen LogP contribution in [-0.2, 0) is 30.5 Å². The average Bonchev–Trinajstić information content (AvgIpc) is 3.62. The van der Waals surface area contributed by atoms with Crippen molar-refractivity contribution in [2.24, 2.45) is 17.8 Å². The number of halogens is 1. The van der Waals surface area contributed by atoms with Gasteiger partial charge in [0.15, 0.2) is 0 Å². The van der Waals surface area contributed by atoms with Crippen molar-refractivity contribution in [2.45, 2.75) is 62.5 Å². The summed E-state index contributed by atoms with van der Waals surface area (Å²) in [5.74, 6) is -3.15. The van der Waals surface area contributed by atoms with Crippen molar-refractivity contribution < 1.29 is 29.0 Å². The Labute approximate surface area is 235 Å². The number of aliphatic hydroxyl groups is 1. The third-order valence-electron chi connectivity index (χ3n) is 8.22. The van der Waals surface area contributed by atoms with Crippen LogP contribution >= 0.6 is 15.9 Å². The van der Waals surface area contributed by atoms with E-state index in [4.69, 9.17) is 9.47 Å². The number of hydrogen-bond donors (Lipinski definition) is 1. The second-order valence-electron chi connectivity index (χ2n) is 10.7. The average molecular weight is 605 g/mol. The number of fused-ring (bicyclic) bond motifs is 2. The molecule has 5 rings (SSSR count). The summed E-state index contributed by atoms with van der Waals surface area (Å²) in [5.41, 5.74) is 0.194. The van der Waals surface area contributed by atoms with Gasteiger partial charge in [0.2, 0.25) is 11.8 Å². The number of likely N-dealkylation sites (tertiary alicyclic amines) is 1. The maximum atomic E-state index is 14.6. The molecule has 11 nitrogen and oxygen atoms in total. The zero-order valence-corrected chi connectivity index (χ0v) is 23.9. The maximum absolute atomic E-state index is 14.6. The fraction of sp³-hybridized carbons (Fsp3) is 0.593. The summed E-state index contributed by atoms with van der Waals surface area (Å²) in [7, 11) is 0. The summed E-state index contributed by atoms with van der Waals surface area (Å²) < 4.78 is 13.5. The predicted molar refractivity (Wildman–Crippen MR) is 144 cm³/mol. The Balaban J connectivity index is 1.59. The third kappa shape index (κ3) is 4.27. The summed E-state index contributed by atoms with van der Waals surface area (Å²) in [6.45, 7) is 9.40. The summed E-state index contributed by atoms with van der Waals surface area (Å²) in [4.78, 5) is 44.7. The third-order valence-corrected chi connectivity index (χ3v) is 9.06. The van der Waals surface area contributed by atoms with E-state index in [2.05, 4.69) is 32.8 Å². The lowest BCUT2D eigenvalue weighted by Gasteiger charge is -2.40. The quantitative estimate of drug-likeness (QED) is 0.247. The number of ether oxygens (including phenoxy) is 2. The van der Waals surface area contributed by atoms with Gasteiger partial charge >= 0.3 is 5.97 Å². The Morgan fingerprint density at radius 2 is 2.13 bits per heavy atom. The molecule has 1 spiro atoms. The first kappa shape index (κ1) is 27.7. The molecule has 39 heavy (non-hydrogen) atoms. The topological polar surface area (TPSA) is 127 Å². The number of esters is 1. The van der Waals surface area contributed by atoms with Crippen molar-refractivity contribution in [2.75, 3.05) is 19.8 Å². The van der Waals surface area contributed by atoms with E-state index < -0.39 is 41.6 Å². The Morgan fingerprint density at radius 1 is 1.38 bits per heavy atom. The lowest BCUT2D eigenvalue weighted by Crippen LogP contribution is -2.60. The number of carbonyl (C=O) groups is 3. The Morgan fingerprint density at radius 3 is 2.79 bits per heavy atom. The highest BCUT2D eigenvalue weighted by Crippen LogP contribution is 2.61. The zero-order chi connectivity index (χ0) is 28.1. The van der Waals surface area contributed by atoms with Crippen LogP contribution in [0.5, 0.6) is 0 Å². The Bertz CT molecular complexity index is 1280. The highest BCUT2D eigenvalue weighted by Gasteiger charge is 2.77. The van der Waals surface area contributed by atoms with E-state index in [1.165, 1.54) is 4.90 Å². The van der Waals surface area contributed by atoms with Gasteiger partial charge in [-0.1, -0.05) is 53.2 Å². The van der Waals surface area contributed by atoms with Gasteiger partial charge in [0, 0.05) is 11.4 Å². The van der Waals surface area contributed by atoms with Crippen LogP contribution in [0.2, 0.25) is 0 Å². The molecule has 210 valence electrons. The molecule has 3 fully saturated rings. The number of benzene rings is 1. The minimum atomic E-state index is -1.25. The van der Waals surface area contributed by atoms with Gasteiger partial charge in [-0.25, -0.2) is 4.68 Å². The van der Waals surface area contributed by atoms with Gasteiger partial charge in [-0.3, -0.25) is 14.4 Å². The number of aromatic nitrogens is 3. The van der Waals surface area contributed by atoms with Gasteiger partial charge < -0.3 is 24.4 Å². The standard InChI is InChI=1S/C27H34BrN5O6/c1-5-11-31(14-32-18-10-8-7-9-17(18)29-30-32)25(36)23-27-12-16(28)22(39-27)20(26(37)38-6-2)21(27)24(35)33(23)19(13-34)15(3)4/h5,7-10,15-16,19-23,34H,1,6,11-14H2,2-4H3/t16?,19-,20-,21+,22-,23-,27+/m0/s1. The van der Waals surface area contributed by atoms with Crippen LogP contribution in [0.25, 0.3) is 11.0 Å². The first-order valence-electron chi connectivity index (χ1n) is 13.3. The minimum Gasteiger partial charge on any atom is -0.466 e. The molecule has 3 saturated heterocycles. The fourth-order valence-electron chi connectivity index (χ4n) is 6.56. The number of nitrogens with zero attached hydrogens (tertiary/aromatic N) is 5. The highest BCUT2D eigenvalue weighted by molar-refractivity contribution is 9.09. The Kier molecular flexibility index (Phi) is 7.55. The van der Waals surface area contributed by atoms with E-state index in [1.807, 2.05) is 38.1 Å². The van der Waals surface area contributed by atoms with E-state index in [1.54, 1.807) is 22.6 Å². The van der Waals surface area contributed by atoms with Crippen LogP contribution in [-0.4, -0.2) is 96.1 Å². The monoisotopic (exact) mass is 603 g/mol. The van der Waals surface area contributed by atoms with E-state index >= 15 is 0 Å². The number of para-hydroxylation sites is 1. The molecule has 1 N–H and O–H groups in total. The number of carbonyl (C=O) groups excluding carboxylic acids is 3. The molecule has 2 aromatic rings. The molecule has 2 bridgehead atoms. The van der Waals surface area contributed by atoms with Crippen molar-refractivity contribution in [3.05, 3.63) is 36.9 Å². The number of alkyl halides is 1. The molecule has 0 aliphatic carbocycles. The molecule has 3 aliphatic rings. The molecule has 3 aliphatic heterocycles. The molecule has 4 heterocycles. The van der Waals surface area contributed by atoms with E-state index in [0.717, 1.165) is 5.52 Å². The van der Waals surface area contributed by atoms with Crippen molar-refractivity contribution in [1.29, 1.82) is 0 Å². The molecule has 2 amide bonds. The molecule has 1 aromatic carbocycles. The fourth-order valence-corrected chi connectivity index (χ4v) is 7.50. The van der Waals surface area contributed by atoms with Crippen LogP contribution in [0.4, 0.5) is 0 Å². The van der Waals surface area contributed by atoms with Gasteiger partial charge in [0.05, 0.1) is 42.7 Å². The van der Waals surface area contributed by atoms with Crippen LogP contribution in [0.1, 0.15) is 27.2 Å². The SMILES string of the molecule is C=CCN(Cn1nnc2ccccc21)C(=O)[C@@H]1N([C@@H](CO)C(C)C)C(=O)[C@H]2[C@H](C(=O)OCC)[C@H]3O[C@@]12CC3Br. The molecular formula is C27H34BrN5O6. The largest absolute Gasteiger partial charge is 0.466 e. The minimum absolute atomic E-state index is 0.0680. The van der Waals surface area contributed by atoms with Crippen LogP contribution in [0.3, 0.4) is 0 Å². The Hall–Kier alpha value is -2.83. The maximum Gasteiger partial charge on any atom is 0.312 e. The van der Waals surface area contributed by atoms with Crippen LogP contribution in [0.15, 0.2) is 36.9 Å². The van der Waals surface area contributed by atoms with E-state index in [-0.39, 0.29) is 49.0 Å². The van der Waals surface area contributed by atoms with E-state index in [0.29, 0.717) is 11.9 Å². The smallest absolute Gasteiger partial charge is 0.312 e. The van der Waals surface area contributed by atoms with Gasteiger partial charge in [0.1, 0.15) is 23.8 Å². The first-order valence-corrected chi connectivity index (χ1v) is 14.2. The number of hydrogen-bond acceptors (Lipinski definition) is 8. The zero-order valence-electron chi connectivity index (χ0n) is 22.3. The van der Waals surface area contributed by atoms with Gasteiger partial charge in [-0.2, -0.15) is 0 Å². The lowest BCUT2D eigenvalue weighted by molar-refractivity contribution is -0.157. The molecule has 7 atom stereocenters. The molecule has 1 unspecified atom stereocenters. The molecular weight excluding hydrogens is 570 g/mol. The van der Waals surface area contributed by atoms with Crippen molar-refractivity contribution >= 4 is 44.7 Å². The second kappa shape index (κ2) is 10.6. The van der Waals surface area contributed by atoms with Gasteiger partial charge in [0.25, 0.3) is 0 Å². The number of rotatable bonds is 10. The first-order chi connectivity index (χ1) is 18.7.